The summed E-state index contributed by atoms with van der Waals surface area (Å²) in [6.45, 7) is -0.207. The highest BCUT2D eigenvalue weighted by molar-refractivity contribution is 5.79. The minimum absolute atomic E-state index is 0.165. The van der Waals surface area contributed by atoms with Crippen LogP contribution in [-0.4, -0.2) is 24.5 Å². The van der Waals surface area contributed by atoms with Crippen LogP contribution in [-0.2, 0) is 9.53 Å². The first-order valence-corrected chi connectivity index (χ1v) is 5.17. The molecule has 1 aliphatic heterocycles. The van der Waals surface area contributed by atoms with Gasteiger partial charge in [0.15, 0.2) is 11.6 Å². The number of carbonyl (C=O) groups excluding carboxylic acids is 1. The molecule has 1 saturated heterocycles. The predicted octanol–water partition coefficient (Wildman–Crippen LogP) is 2.33. The zero-order valence-electron chi connectivity index (χ0n) is 9.05. The molecular weight excluding hydrogens is 254 g/mol. The molecule has 18 heavy (non-hydrogen) atoms. The molecule has 0 bridgehead atoms. The number of esters is 1. The van der Waals surface area contributed by atoms with Gasteiger partial charge in [-0.05, 0) is 12.1 Å². The Hall–Kier alpha value is -1.79. The van der Waals surface area contributed by atoms with Crippen LogP contribution in [0.15, 0.2) is 18.2 Å². The van der Waals surface area contributed by atoms with Crippen molar-refractivity contribution < 1.29 is 27.1 Å². The van der Waals surface area contributed by atoms with Crippen LogP contribution in [0.25, 0.3) is 0 Å². The number of nitrogens with one attached hydrogen (secondary N) is 1. The molecule has 3 nitrogen and oxygen atoms in total. The van der Waals surface area contributed by atoms with Crippen LogP contribution in [0.2, 0.25) is 0 Å². The molecule has 0 aliphatic carbocycles. The summed E-state index contributed by atoms with van der Waals surface area (Å²) < 4.78 is 56.1. The lowest BCUT2D eigenvalue weighted by Crippen LogP contribution is -2.22. The Balaban J connectivity index is 1.97. The second kappa shape index (κ2) is 4.47. The number of rotatable bonds is 3. The maximum Gasteiger partial charge on any atom is 0.377 e. The monoisotopic (exact) mass is 263 g/mol. The molecule has 7 heteroatoms. The molecule has 0 amide bonds. The second-order valence-electron chi connectivity index (χ2n) is 3.92. The summed E-state index contributed by atoms with van der Waals surface area (Å²) in [6, 6.07) is 3.47. The van der Waals surface area contributed by atoms with Crippen molar-refractivity contribution in [3.8, 4) is 0 Å². The minimum Gasteiger partial charge on any atom is -0.456 e. The molecule has 1 N–H and O–H groups in total. The number of carbonyl (C=O) groups is 1. The van der Waals surface area contributed by atoms with E-state index in [4.69, 9.17) is 0 Å². The zero-order chi connectivity index (χ0) is 13.3. The number of ether oxygens (including phenoxy) is 1. The molecule has 1 heterocycles. The van der Waals surface area contributed by atoms with Gasteiger partial charge >= 0.3 is 11.9 Å². The van der Waals surface area contributed by atoms with Gasteiger partial charge < -0.3 is 10.1 Å². The Morgan fingerprint density at radius 2 is 2.11 bits per heavy atom. The number of alkyl halides is 2. The highest BCUT2D eigenvalue weighted by Crippen LogP contribution is 2.31. The number of anilines is 1. The van der Waals surface area contributed by atoms with Gasteiger partial charge in [-0.3, -0.25) is 0 Å². The summed E-state index contributed by atoms with van der Waals surface area (Å²) in [4.78, 5) is 10.7. The molecule has 0 radical (unpaired) electrons. The summed E-state index contributed by atoms with van der Waals surface area (Å²) >= 11 is 0. The first kappa shape index (κ1) is 12.7. The SMILES string of the molecule is O=C1OC(CNc2cccc(F)c2F)CC1(F)F. The van der Waals surface area contributed by atoms with E-state index in [1.54, 1.807) is 0 Å². The van der Waals surface area contributed by atoms with Gasteiger partial charge in [0, 0.05) is 0 Å². The number of hydrogen-bond donors (Lipinski definition) is 1. The molecule has 0 spiro atoms. The van der Waals surface area contributed by atoms with Crippen LogP contribution >= 0.6 is 0 Å². The van der Waals surface area contributed by atoms with Crippen molar-refractivity contribution in [1.82, 2.24) is 0 Å². The summed E-state index contributed by atoms with van der Waals surface area (Å²) in [5.41, 5.74) is -0.165. The summed E-state index contributed by atoms with van der Waals surface area (Å²) in [7, 11) is 0. The fraction of sp³-hybridized carbons (Fsp3) is 0.364. The molecule has 98 valence electrons. The smallest absolute Gasteiger partial charge is 0.377 e. The Morgan fingerprint density at radius 3 is 2.72 bits per heavy atom. The molecule has 0 saturated carbocycles. The van der Waals surface area contributed by atoms with E-state index in [-0.39, 0.29) is 12.2 Å². The van der Waals surface area contributed by atoms with E-state index < -0.39 is 36.1 Å². The molecule has 1 fully saturated rings. The molecule has 2 rings (SSSR count). The van der Waals surface area contributed by atoms with E-state index in [1.165, 1.54) is 12.1 Å². The van der Waals surface area contributed by atoms with Gasteiger partial charge in [-0.25, -0.2) is 13.6 Å². The fourth-order valence-corrected chi connectivity index (χ4v) is 1.63. The first-order valence-electron chi connectivity index (χ1n) is 5.17. The molecule has 0 aromatic heterocycles. The standard InChI is InChI=1S/C11H9F4NO2/c12-7-2-1-3-8(9(7)13)16-5-6-4-11(14,15)10(17)18-6/h1-3,6,16H,4-5H2. The highest BCUT2D eigenvalue weighted by Gasteiger charge is 2.50. The second-order valence-corrected chi connectivity index (χ2v) is 3.92. The Kier molecular flexibility index (Phi) is 3.14. The van der Waals surface area contributed by atoms with Gasteiger partial charge in [0.25, 0.3) is 0 Å². The van der Waals surface area contributed by atoms with Crippen molar-refractivity contribution in [3.05, 3.63) is 29.8 Å². The van der Waals surface area contributed by atoms with Crippen LogP contribution in [0.4, 0.5) is 23.2 Å². The van der Waals surface area contributed by atoms with Crippen LogP contribution in [0.3, 0.4) is 0 Å². The first-order chi connectivity index (χ1) is 8.40. The molecule has 1 aromatic carbocycles. The zero-order valence-corrected chi connectivity index (χ0v) is 9.05. The van der Waals surface area contributed by atoms with E-state index in [0.717, 1.165) is 6.07 Å². The molecule has 1 aliphatic rings. The van der Waals surface area contributed by atoms with Crippen molar-refractivity contribution in [2.75, 3.05) is 11.9 Å². The number of hydrogen-bond acceptors (Lipinski definition) is 3. The average molecular weight is 263 g/mol. The third-order valence-electron chi connectivity index (χ3n) is 2.53. The molecular formula is C11H9F4NO2. The topological polar surface area (TPSA) is 38.3 Å². The van der Waals surface area contributed by atoms with Crippen LogP contribution in [0.5, 0.6) is 0 Å². The van der Waals surface area contributed by atoms with Crippen molar-refractivity contribution in [3.63, 3.8) is 0 Å². The van der Waals surface area contributed by atoms with Crippen molar-refractivity contribution in [2.45, 2.75) is 18.4 Å². The summed E-state index contributed by atoms with van der Waals surface area (Å²) in [5.74, 6) is -7.25. The minimum atomic E-state index is -3.51. The summed E-state index contributed by atoms with van der Waals surface area (Å²) in [6.07, 6.45) is -1.83. The quantitative estimate of drug-likeness (QED) is 0.672. The van der Waals surface area contributed by atoms with E-state index in [1.807, 2.05) is 0 Å². The lowest BCUT2D eigenvalue weighted by molar-refractivity contribution is -0.158. The fourth-order valence-electron chi connectivity index (χ4n) is 1.63. The van der Waals surface area contributed by atoms with Gasteiger partial charge in [-0.15, -0.1) is 0 Å². The number of benzene rings is 1. The van der Waals surface area contributed by atoms with Crippen LogP contribution in [0, 0.1) is 11.6 Å². The maximum absolute atomic E-state index is 13.2. The van der Waals surface area contributed by atoms with E-state index >= 15 is 0 Å². The average Bonchev–Trinajstić information content (AvgIpc) is 2.55. The Morgan fingerprint density at radius 1 is 1.39 bits per heavy atom. The van der Waals surface area contributed by atoms with Crippen molar-refractivity contribution >= 4 is 11.7 Å². The normalized spacial score (nSPS) is 21.8. The number of halogens is 4. The largest absolute Gasteiger partial charge is 0.456 e. The maximum atomic E-state index is 13.2. The Bertz CT molecular complexity index is 478. The molecule has 1 unspecified atom stereocenters. The van der Waals surface area contributed by atoms with Gasteiger partial charge in [0.1, 0.15) is 6.10 Å². The molecule has 1 atom stereocenters. The van der Waals surface area contributed by atoms with Gasteiger partial charge in [0.2, 0.25) is 0 Å². The van der Waals surface area contributed by atoms with E-state index in [2.05, 4.69) is 10.1 Å². The van der Waals surface area contributed by atoms with Crippen molar-refractivity contribution in [2.24, 2.45) is 0 Å². The lowest BCUT2D eigenvalue weighted by Gasteiger charge is -2.11. The predicted molar refractivity (Wildman–Crippen MR) is 54.3 cm³/mol. The van der Waals surface area contributed by atoms with Crippen molar-refractivity contribution in [1.29, 1.82) is 0 Å². The third kappa shape index (κ3) is 2.39. The van der Waals surface area contributed by atoms with Crippen LogP contribution in [0.1, 0.15) is 6.42 Å². The van der Waals surface area contributed by atoms with Gasteiger partial charge in [-0.2, -0.15) is 8.78 Å². The lowest BCUT2D eigenvalue weighted by atomic mass is 10.2. The molecule has 1 aromatic rings. The third-order valence-corrected chi connectivity index (χ3v) is 2.53. The number of cyclic esters (lactones) is 1. The van der Waals surface area contributed by atoms with E-state index in [0.29, 0.717) is 0 Å². The van der Waals surface area contributed by atoms with Gasteiger partial charge in [0.05, 0.1) is 18.7 Å². The van der Waals surface area contributed by atoms with Crippen LogP contribution < -0.4 is 5.32 Å². The van der Waals surface area contributed by atoms with Gasteiger partial charge in [-0.1, -0.05) is 6.07 Å². The highest BCUT2D eigenvalue weighted by atomic mass is 19.3. The summed E-state index contributed by atoms with van der Waals surface area (Å²) in [5, 5.41) is 2.43. The Labute approximate surface area is 99.7 Å². The van der Waals surface area contributed by atoms with E-state index in [9.17, 15) is 22.4 Å².